The summed E-state index contributed by atoms with van der Waals surface area (Å²) in [4.78, 5) is 2.81. The van der Waals surface area contributed by atoms with Crippen LogP contribution in [0.3, 0.4) is 0 Å². The van der Waals surface area contributed by atoms with Gasteiger partial charge in [0.15, 0.2) is 0 Å². The molecule has 0 aliphatic carbocycles. The van der Waals surface area contributed by atoms with E-state index in [1.54, 1.807) is 12.1 Å². The van der Waals surface area contributed by atoms with Crippen LogP contribution in [0.25, 0.3) is 0 Å². The van der Waals surface area contributed by atoms with Gasteiger partial charge < -0.3 is 4.90 Å². The van der Waals surface area contributed by atoms with E-state index in [0.717, 1.165) is 31.5 Å². The summed E-state index contributed by atoms with van der Waals surface area (Å²) in [6, 6.07) is 15.7. The van der Waals surface area contributed by atoms with E-state index in [4.69, 9.17) is 0 Å². The van der Waals surface area contributed by atoms with Crippen molar-refractivity contribution in [2.45, 2.75) is 50.3 Å². The third-order valence-electron chi connectivity index (χ3n) is 5.17. The van der Waals surface area contributed by atoms with Crippen molar-refractivity contribution in [2.75, 3.05) is 24.5 Å². The maximum atomic E-state index is 12.3. The first-order valence-electron chi connectivity index (χ1n) is 9.95. The largest absolute Gasteiger partial charge is 0.372 e. The Kier molecular flexibility index (Phi) is 6.91. The Morgan fingerprint density at radius 3 is 2.15 bits per heavy atom. The summed E-state index contributed by atoms with van der Waals surface area (Å²) in [5, 5.41) is 0. The minimum Gasteiger partial charge on any atom is -0.372 e. The topological polar surface area (TPSA) is 49.4 Å². The molecule has 1 aliphatic heterocycles. The van der Waals surface area contributed by atoms with E-state index in [0.29, 0.717) is 11.4 Å². The predicted octanol–water partition coefficient (Wildman–Crippen LogP) is 4.29. The van der Waals surface area contributed by atoms with Gasteiger partial charge in [-0.15, -0.1) is 0 Å². The van der Waals surface area contributed by atoms with Crippen molar-refractivity contribution in [3.05, 3.63) is 59.7 Å². The molecule has 1 saturated heterocycles. The minimum atomic E-state index is -3.41. The van der Waals surface area contributed by atoms with Crippen LogP contribution in [0, 0.1) is 6.92 Å². The third kappa shape index (κ3) is 5.81. The zero-order valence-electron chi connectivity index (χ0n) is 16.2. The Morgan fingerprint density at radius 1 is 0.889 bits per heavy atom. The molecule has 0 saturated carbocycles. The Balaban J connectivity index is 1.46. The molecule has 0 unspecified atom stereocenters. The second kappa shape index (κ2) is 9.38. The molecular weight excluding hydrogens is 356 g/mol. The number of aryl methyl sites for hydroxylation is 2. The second-order valence-electron chi connectivity index (χ2n) is 7.38. The summed E-state index contributed by atoms with van der Waals surface area (Å²) in [5.74, 6) is 0. The molecule has 0 aromatic heterocycles. The van der Waals surface area contributed by atoms with E-state index in [-0.39, 0.29) is 0 Å². The lowest BCUT2D eigenvalue weighted by Crippen LogP contribution is -2.25. The zero-order valence-corrected chi connectivity index (χ0v) is 17.0. The molecule has 4 nitrogen and oxygen atoms in total. The van der Waals surface area contributed by atoms with Crippen LogP contribution >= 0.6 is 0 Å². The summed E-state index contributed by atoms with van der Waals surface area (Å²) in [7, 11) is -3.41. The van der Waals surface area contributed by atoms with Crippen molar-refractivity contribution >= 4 is 15.7 Å². The predicted molar refractivity (Wildman–Crippen MR) is 112 cm³/mol. The fourth-order valence-corrected chi connectivity index (χ4v) is 4.58. The van der Waals surface area contributed by atoms with Gasteiger partial charge in [0.1, 0.15) is 0 Å². The number of hydrogen-bond acceptors (Lipinski definition) is 3. The molecule has 146 valence electrons. The maximum Gasteiger partial charge on any atom is 0.240 e. The Labute approximate surface area is 163 Å². The number of sulfonamides is 1. The first-order valence-corrected chi connectivity index (χ1v) is 11.4. The number of anilines is 1. The van der Waals surface area contributed by atoms with Gasteiger partial charge in [0.05, 0.1) is 4.90 Å². The van der Waals surface area contributed by atoms with Gasteiger partial charge in [0, 0.05) is 25.3 Å². The lowest BCUT2D eigenvalue weighted by molar-refractivity contribution is 0.579. The average Bonchev–Trinajstić information content (AvgIpc) is 2.96. The number of benzene rings is 2. The molecule has 0 spiro atoms. The van der Waals surface area contributed by atoms with Crippen LogP contribution in [0.4, 0.5) is 5.69 Å². The van der Waals surface area contributed by atoms with Gasteiger partial charge in [-0.25, -0.2) is 13.1 Å². The van der Waals surface area contributed by atoms with Gasteiger partial charge in [-0.05, 0) is 62.4 Å². The van der Waals surface area contributed by atoms with Gasteiger partial charge in [-0.3, -0.25) is 0 Å². The van der Waals surface area contributed by atoms with Crippen LogP contribution < -0.4 is 9.62 Å². The van der Waals surface area contributed by atoms with E-state index in [1.165, 1.54) is 36.9 Å². The van der Waals surface area contributed by atoms with Crippen LogP contribution in [-0.2, 0) is 16.4 Å². The molecule has 0 bridgehead atoms. The highest BCUT2D eigenvalue weighted by atomic mass is 32.2. The molecule has 0 radical (unpaired) electrons. The fourth-order valence-electron chi connectivity index (χ4n) is 3.50. The summed E-state index contributed by atoms with van der Waals surface area (Å²) in [5.41, 5.74) is 3.61. The van der Waals surface area contributed by atoms with Crippen LogP contribution in [0.15, 0.2) is 53.4 Å². The van der Waals surface area contributed by atoms with Crippen molar-refractivity contribution in [2.24, 2.45) is 0 Å². The number of rotatable bonds is 7. The third-order valence-corrected chi connectivity index (χ3v) is 6.65. The molecule has 5 heteroatoms. The van der Waals surface area contributed by atoms with Gasteiger partial charge in [0.25, 0.3) is 0 Å². The van der Waals surface area contributed by atoms with Crippen LogP contribution in [0.2, 0.25) is 0 Å². The molecular formula is C22H30N2O2S. The van der Waals surface area contributed by atoms with Gasteiger partial charge in [0.2, 0.25) is 10.0 Å². The van der Waals surface area contributed by atoms with E-state index >= 15 is 0 Å². The summed E-state index contributed by atoms with van der Waals surface area (Å²) < 4.78 is 27.3. The first-order chi connectivity index (χ1) is 13.0. The van der Waals surface area contributed by atoms with Crippen molar-refractivity contribution in [1.29, 1.82) is 0 Å². The van der Waals surface area contributed by atoms with Crippen molar-refractivity contribution < 1.29 is 8.42 Å². The average molecular weight is 387 g/mol. The summed E-state index contributed by atoms with van der Waals surface area (Å²) in [6.07, 6.45) is 6.90. The number of nitrogens with one attached hydrogen (secondary N) is 1. The van der Waals surface area contributed by atoms with E-state index in [1.807, 2.05) is 19.1 Å². The highest BCUT2D eigenvalue weighted by Gasteiger charge is 2.13. The van der Waals surface area contributed by atoms with Gasteiger partial charge in [-0.2, -0.15) is 0 Å². The Morgan fingerprint density at radius 2 is 1.52 bits per heavy atom. The van der Waals surface area contributed by atoms with Crippen molar-refractivity contribution in [3.8, 4) is 0 Å². The Hall–Kier alpha value is -1.85. The van der Waals surface area contributed by atoms with Crippen LogP contribution in [0.5, 0.6) is 0 Å². The molecule has 1 aliphatic rings. The SMILES string of the molecule is Cc1ccc(S(=O)(=O)NCCCc2ccc(N3CCCCCC3)cc2)cc1. The number of hydrogen-bond donors (Lipinski definition) is 1. The smallest absolute Gasteiger partial charge is 0.240 e. The Bertz CT molecular complexity index is 806. The summed E-state index contributed by atoms with van der Waals surface area (Å²) in [6.45, 7) is 4.70. The zero-order chi connectivity index (χ0) is 19.1. The van der Waals surface area contributed by atoms with Crippen molar-refractivity contribution in [3.63, 3.8) is 0 Å². The van der Waals surface area contributed by atoms with Gasteiger partial charge in [-0.1, -0.05) is 42.7 Å². The van der Waals surface area contributed by atoms with Crippen LogP contribution in [0.1, 0.15) is 43.2 Å². The lowest BCUT2D eigenvalue weighted by atomic mass is 10.1. The molecule has 0 atom stereocenters. The summed E-state index contributed by atoms with van der Waals surface area (Å²) >= 11 is 0. The molecule has 2 aromatic rings. The number of nitrogens with zero attached hydrogens (tertiary/aromatic N) is 1. The highest BCUT2D eigenvalue weighted by molar-refractivity contribution is 7.89. The van der Waals surface area contributed by atoms with E-state index in [9.17, 15) is 8.42 Å². The molecule has 1 N–H and O–H groups in total. The highest BCUT2D eigenvalue weighted by Crippen LogP contribution is 2.20. The molecule has 27 heavy (non-hydrogen) atoms. The maximum absolute atomic E-state index is 12.3. The normalized spacial score (nSPS) is 15.5. The van der Waals surface area contributed by atoms with E-state index in [2.05, 4.69) is 33.9 Å². The monoisotopic (exact) mass is 386 g/mol. The molecule has 0 amide bonds. The van der Waals surface area contributed by atoms with E-state index < -0.39 is 10.0 Å². The molecule has 1 fully saturated rings. The molecule has 1 heterocycles. The van der Waals surface area contributed by atoms with Gasteiger partial charge >= 0.3 is 0 Å². The van der Waals surface area contributed by atoms with Crippen LogP contribution in [-0.4, -0.2) is 28.1 Å². The molecule has 2 aromatic carbocycles. The second-order valence-corrected chi connectivity index (χ2v) is 9.15. The lowest BCUT2D eigenvalue weighted by Gasteiger charge is -2.22. The fraction of sp³-hybridized carbons (Fsp3) is 0.455. The standard InChI is InChI=1S/C22H30N2O2S/c1-19-8-14-22(15-9-19)27(25,26)23-16-6-7-20-10-12-21(13-11-20)24-17-4-2-3-5-18-24/h8-15,23H,2-7,16-18H2,1H3. The van der Waals surface area contributed by atoms with Crippen molar-refractivity contribution in [1.82, 2.24) is 4.72 Å². The quantitative estimate of drug-likeness (QED) is 0.722. The first kappa shape index (κ1) is 19.9. The molecule has 3 rings (SSSR count). The minimum absolute atomic E-state index is 0.329.